The molecule has 2 nitrogen and oxygen atoms in total. The average Bonchev–Trinajstić information content (AvgIpc) is 2.80. The first-order valence-electron chi connectivity index (χ1n) is 6.76. The fourth-order valence-electron chi connectivity index (χ4n) is 2.26. The van der Waals surface area contributed by atoms with Gasteiger partial charge >= 0.3 is 0 Å². The molecule has 2 aromatic rings. The van der Waals surface area contributed by atoms with Gasteiger partial charge in [-0.1, -0.05) is 48.7 Å². The Bertz CT molecular complexity index is 597. The van der Waals surface area contributed by atoms with Crippen LogP contribution in [0, 0.1) is 0 Å². The number of rotatable bonds is 5. The molecule has 2 aromatic carbocycles. The van der Waals surface area contributed by atoms with Gasteiger partial charge in [-0.3, -0.25) is 0 Å². The van der Waals surface area contributed by atoms with Gasteiger partial charge in [0.05, 0.1) is 17.3 Å². The molecule has 0 N–H and O–H groups in total. The van der Waals surface area contributed by atoms with E-state index in [1.54, 1.807) is 11.8 Å². The van der Waals surface area contributed by atoms with Crippen molar-refractivity contribution in [2.24, 2.45) is 0 Å². The molecule has 0 spiro atoms. The van der Waals surface area contributed by atoms with Crippen LogP contribution in [0.2, 0.25) is 0 Å². The summed E-state index contributed by atoms with van der Waals surface area (Å²) in [6.07, 6.45) is 0.975. The SMILES string of the molecule is C=C1Sc2ccccc2N1CCCOc1ccccc1. The molecule has 0 saturated heterocycles. The highest BCUT2D eigenvalue weighted by molar-refractivity contribution is 8.03. The molecular weight excluding hydrogens is 266 g/mol. The Labute approximate surface area is 124 Å². The number of hydrogen-bond donors (Lipinski definition) is 0. The predicted molar refractivity (Wildman–Crippen MR) is 85.3 cm³/mol. The van der Waals surface area contributed by atoms with Crippen molar-refractivity contribution in [1.82, 2.24) is 0 Å². The van der Waals surface area contributed by atoms with Crippen LogP contribution in [-0.4, -0.2) is 13.2 Å². The fourth-order valence-corrected chi connectivity index (χ4v) is 3.24. The number of fused-ring (bicyclic) bond motifs is 1. The molecule has 1 aliphatic heterocycles. The Balaban J connectivity index is 1.53. The molecule has 0 amide bonds. The summed E-state index contributed by atoms with van der Waals surface area (Å²) in [7, 11) is 0. The van der Waals surface area contributed by atoms with Gasteiger partial charge in [-0.15, -0.1) is 0 Å². The third kappa shape index (κ3) is 2.83. The minimum atomic E-state index is 0.723. The quantitative estimate of drug-likeness (QED) is 0.748. The lowest BCUT2D eigenvalue weighted by molar-refractivity contribution is 0.313. The summed E-state index contributed by atoms with van der Waals surface area (Å²) >= 11 is 1.74. The normalized spacial score (nSPS) is 13.4. The topological polar surface area (TPSA) is 12.5 Å². The number of anilines is 1. The van der Waals surface area contributed by atoms with Crippen LogP contribution in [0.25, 0.3) is 0 Å². The Morgan fingerprint density at radius 3 is 2.60 bits per heavy atom. The van der Waals surface area contributed by atoms with Crippen LogP contribution in [0.5, 0.6) is 5.75 Å². The van der Waals surface area contributed by atoms with E-state index in [2.05, 4.69) is 35.7 Å². The average molecular weight is 283 g/mol. The van der Waals surface area contributed by atoms with Crippen LogP contribution in [0.15, 0.2) is 71.1 Å². The van der Waals surface area contributed by atoms with Gasteiger partial charge in [0.15, 0.2) is 0 Å². The lowest BCUT2D eigenvalue weighted by Crippen LogP contribution is -2.20. The predicted octanol–water partition coefficient (Wildman–Crippen LogP) is 4.54. The maximum absolute atomic E-state index is 5.73. The van der Waals surface area contributed by atoms with E-state index < -0.39 is 0 Å². The van der Waals surface area contributed by atoms with Crippen molar-refractivity contribution in [1.29, 1.82) is 0 Å². The molecule has 0 aliphatic carbocycles. The van der Waals surface area contributed by atoms with Crippen molar-refractivity contribution in [3.05, 3.63) is 66.2 Å². The van der Waals surface area contributed by atoms with Crippen molar-refractivity contribution in [3.8, 4) is 5.75 Å². The third-order valence-corrected chi connectivity index (χ3v) is 4.24. The van der Waals surface area contributed by atoms with Gasteiger partial charge in [-0.2, -0.15) is 0 Å². The Hall–Kier alpha value is -1.87. The van der Waals surface area contributed by atoms with E-state index in [0.717, 1.165) is 30.4 Å². The maximum Gasteiger partial charge on any atom is 0.119 e. The molecule has 0 radical (unpaired) electrons. The van der Waals surface area contributed by atoms with Crippen LogP contribution < -0.4 is 9.64 Å². The number of benzene rings is 2. The van der Waals surface area contributed by atoms with Crippen LogP contribution in [0.4, 0.5) is 5.69 Å². The monoisotopic (exact) mass is 283 g/mol. The van der Waals surface area contributed by atoms with E-state index in [0.29, 0.717) is 0 Å². The van der Waals surface area contributed by atoms with E-state index in [1.165, 1.54) is 10.6 Å². The van der Waals surface area contributed by atoms with Gasteiger partial charge < -0.3 is 9.64 Å². The summed E-state index contributed by atoms with van der Waals surface area (Å²) in [6.45, 7) is 5.80. The van der Waals surface area contributed by atoms with E-state index in [1.807, 2.05) is 30.3 Å². The van der Waals surface area contributed by atoms with Gasteiger partial charge in [-0.05, 0) is 30.7 Å². The molecular formula is C17H17NOS. The van der Waals surface area contributed by atoms with E-state index >= 15 is 0 Å². The Kier molecular flexibility index (Phi) is 3.97. The van der Waals surface area contributed by atoms with Crippen molar-refractivity contribution < 1.29 is 4.74 Å². The molecule has 3 rings (SSSR count). The maximum atomic E-state index is 5.73. The number of hydrogen-bond acceptors (Lipinski definition) is 3. The highest BCUT2D eigenvalue weighted by Gasteiger charge is 2.22. The molecule has 20 heavy (non-hydrogen) atoms. The van der Waals surface area contributed by atoms with Gasteiger partial charge in [0.25, 0.3) is 0 Å². The highest BCUT2D eigenvalue weighted by Crippen LogP contribution is 2.44. The molecule has 1 heterocycles. The summed E-state index contributed by atoms with van der Waals surface area (Å²) in [5, 5.41) is 1.10. The smallest absolute Gasteiger partial charge is 0.119 e. The molecule has 1 aliphatic rings. The van der Waals surface area contributed by atoms with Gasteiger partial charge in [0.2, 0.25) is 0 Å². The second kappa shape index (κ2) is 6.06. The molecule has 0 saturated carbocycles. The largest absolute Gasteiger partial charge is 0.494 e. The second-order valence-corrected chi connectivity index (χ2v) is 5.75. The number of ether oxygens (including phenoxy) is 1. The molecule has 0 unspecified atom stereocenters. The Morgan fingerprint density at radius 1 is 1.00 bits per heavy atom. The zero-order chi connectivity index (χ0) is 13.8. The van der Waals surface area contributed by atoms with Gasteiger partial charge in [0.1, 0.15) is 5.75 Å². The molecule has 0 fully saturated rings. The number of nitrogens with zero attached hydrogens (tertiary/aromatic N) is 1. The standard InChI is InChI=1S/C17H17NOS/c1-14-18(16-10-5-6-11-17(16)20-14)12-7-13-19-15-8-3-2-4-9-15/h2-6,8-11H,1,7,12-13H2. The summed E-state index contributed by atoms with van der Waals surface area (Å²) in [6, 6.07) is 18.4. The second-order valence-electron chi connectivity index (χ2n) is 4.63. The first kappa shape index (κ1) is 13.1. The summed E-state index contributed by atoms with van der Waals surface area (Å²) < 4.78 is 5.73. The lowest BCUT2D eigenvalue weighted by Gasteiger charge is -2.19. The zero-order valence-corrected chi connectivity index (χ0v) is 12.1. The van der Waals surface area contributed by atoms with Gasteiger partial charge in [-0.25, -0.2) is 0 Å². The van der Waals surface area contributed by atoms with E-state index in [9.17, 15) is 0 Å². The van der Waals surface area contributed by atoms with Crippen molar-refractivity contribution in [3.63, 3.8) is 0 Å². The summed E-state index contributed by atoms with van der Waals surface area (Å²) in [5.41, 5.74) is 1.27. The molecule has 0 atom stereocenters. The molecule has 0 aromatic heterocycles. The van der Waals surface area contributed by atoms with E-state index in [4.69, 9.17) is 4.74 Å². The first-order chi connectivity index (χ1) is 9.84. The Morgan fingerprint density at radius 2 is 1.75 bits per heavy atom. The van der Waals surface area contributed by atoms with Gasteiger partial charge in [0, 0.05) is 11.4 Å². The molecule has 0 bridgehead atoms. The number of thioether (sulfide) groups is 1. The highest BCUT2D eigenvalue weighted by atomic mass is 32.2. The van der Waals surface area contributed by atoms with E-state index in [-0.39, 0.29) is 0 Å². The third-order valence-electron chi connectivity index (χ3n) is 3.22. The fraction of sp³-hybridized carbons (Fsp3) is 0.176. The minimum absolute atomic E-state index is 0.723. The van der Waals surface area contributed by atoms with Crippen molar-refractivity contribution in [2.45, 2.75) is 11.3 Å². The zero-order valence-electron chi connectivity index (χ0n) is 11.3. The summed E-state index contributed by atoms with van der Waals surface area (Å²) in [4.78, 5) is 3.57. The van der Waals surface area contributed by atoms with Crippen molar-refractivity contribution >= 4 is 17.4 Å². The molecule has 3 heteroatoms. The summed E-state index contributed by atoms with van der Waals surface area (Å²) in [5.74, 6) is 0.933. The van der Waals surface area contributed by atoms with Crippen LogP contribution >= 0.6 is 11.8 Å². The van der Waals surface area contributed by atoms with Crippen LogP contribution in [0.1, 0.15) is 6.42 Å². The van der Waals surface area contributed by atoms with Crippen LogP contribution in [-0.2, 0) is 0 Å². The first-order valence-corrected chi connectivity index (χ1v) is 7.57. The number of para-hydroxylation sites is 2. The minimum Gasteiger partial charge on any atom is -0.494 e. The lowest BCUT2D eigenvalue weighted by atomic mass is 10.3. The van der Waals surface area contributed by atoms with Crippen molar-refractivity contribution in [2.75, 3.05) is 18.1 Å². The van der Waals surface area contributed by atoms with Crippen LogP contribution in [0.3, 0.4) is 0 Å². The molecule has 102 valence electrons.